The second-order valence-corrected chi connectivity index (χ2v) is 20.9. The largest absolute Gasteiger partial charge is 0.508 e. The van der Waals surface area contributed by atoms with E-state index in [4.69, 9.17) is 4.74 Å². The molecule has 14 nitrogen and oxygen atoms in total. The minimum atomic E-state index is -0.357. The average Bonchev–Trinajstić information content (AvgIpc) is 3.88. The number of piperidine rings is 1. The predicted octanol–water partition coefficient (Wildman–Crippen LogP) is 7.95. The maximum Gasteiger partial charge on any atom is 0.258 e. The quantitative estimate of drug-likeness (QED) is 0.110. The molecule has 6 heterocycles. The Morgan fingerprint density at radius 2 is 1.47 bits per heavy atom. The van der Waals surface area contributed by atoms with E-state index in [9.17, 15) is 20.0 Å². The van der Waals surface area contributed by atoms with Crippen molar-refractivity contribution in [1.29, 1.82) is 5.26 Å². The van der Waals surface area contributed by atoms with E-state index in [0.29, 0.717) is 83.2 Å². The number of likely N-dealkylation sites (tertiary alicyclic amines) is 1. The van der Waals surface area contributed by atoms with Crippen molar-refractivity contribution >= 4 is 23.4 Å². The normalized spacial score (nSPS) is 17.4. The van der Waals surface area contributed by atoms with Gasteiger partial charge >= 0.3 is 0 Å². The number of aromatic nitrogens is 2. The molecule has 2 saturated heterocycles. The molecule has 0 aliphatic carbocycles. The Hall–Kier alpha value is -7.18. The van der Waals surface area contributed by atoms with E-state index in [1.54, 1.807) is 12.1 Å². The zero-order chi connectivity index (χ0) is 51.6. The summed E-state index contributed by atoms with van der Waals surface area (Å²) in [6.45, 7) is 13.7. The number of nitrogens with zero attached hydrogens (tertiary/aromatic N) is 8. The number of benzene rings is 4. The van der Waals surface area contributed by atoms with Gasteiger partial charge in [0.2, 0.25) is 5.91 Å². The number of phenolic OH excluding ortho intramolecular Hbond substituents is 1. The molecule has 0 unspecified atom stereocenters. The van der Waals surface area contributed by atoms with Crippen LogP contribution in [0.5, 0.6) is 11.5 Å². The van der Waals surface area contributed by atoms with Crippen molar-refractivity contribution in [2.75, 3.05) is 77.9 Å². The van der Waals surface area contributed by atoms with Gasteiger partial charge in [-0.25, -0.2) is 0 Å². The first-order valence-electron chi connectivity index (χ1n) is 26.4. The van der Waals surface area contributed by atoms with E-state index in [1.807, 2.05) is 84.4 Å². The van der Waals surface area contributed by atoms with Crippen molar-refractivity contribution in [2.45, 2.75) is 71.5 Å². The molecule has 384 valence electrons. The highest BCUT2D eigenvalue weighted by Gasteiger charge is 2.37. The molecule has 10 rings (SSSR count). The van der Waals surface area contributed by atoms with Crippen LogP contribution in [0.15, 0.2) is 91.0 Å². The molecule has 3 amide bonds. The van der Waals surface area contributed by atoms with Crippen LogP contribution in [0.4, 0.5) is 5.69 Å². The molecule has 2 fully saturated rings. The summed E-state index contributed by atoms with van der Waals surface area (Å²) in [6.07, 6.45) is 5.06. The van der Waals surface area contributed by atoms with Gasteiger partial charge in [-0.05, 0) is 142 Å². The number of fused-ring (bicyclic) bond motifs is 2. The molecule has 4 aromatic carbocycles. The summed E-state index contributed by atoms with van der Waals surface area (Å²) in [5.74, 6) is 0.435. The van der Waals surface area contributed by atoms with Crippen molar-refractivity contribution in [3.05, 3.63) is 147 Å². The van der Waals surface area contributed by atoms with E-state index >= 15 is 4.79 Å². The van der Waals surface area contributed by atoms with Gasteiger partial charge in [0, 0.05) is 118 Å². The highest BCUT2D eigenvalue weighted by molar-refractivity contribution is 6.14. The summed E-state index contributed by atoms with van der Waals surface area (Å²) in [6, 6.07) is 30.9. The molecule has 2 N–H and O–H groups in total. The van der Waals surface area contributed by atoms with E-state index in [1.165, 1.54) is 24.1 Å². The molecule has 6 aromatic rings. The lowest BCUT2D eigenvalue weighted by Crippen LogP contribution is -2.51. The number of ether oxygens (including phenoxy) is 1. The van der Waals surface area contributed by atoms with Gasteiger partial charge in [-0.1, -0.05) is 42.8 Å². The third-order valence-corrected chi connectivity index (χ3v) is 16.2. The van der Waals surface area contributed by atoms with Gasteiger partial charge in [-0.3, -0.25) is 19.3 Å². The molecular formula is C60H69N9O5. The number of piperazine rings is 1. The molecule has 4 aliphatic heterocycles. The number of anilines is 1. The summed E-state index contributed by atoms with van der Waals surface area (Å²) in [5.41, 5.74) is 11.3. The van der Waals surface area contributed by atoms with Crippen molar-refractivity contribution < 1.29 is 24.2 Å². The topological polar surface area (TPSA) is 143 Å². The fourth-order valence-corrected chi connectivity index (χ4v) is 11.6. The van der Waals surface area contributed by atoms with Crippen LogP contribution in [-0.2, 0) is 51.2 Å². The number of phenols is 1. The standard InChI is InChI=1S/C60H69N9O5/c1-40-52(35-48(36-61)64(40)4)57-56(59(72)62-47-15-17-50(70)18-16-47)41(2)65(5)58(57)53-33-44-21-24-68(55(71)31-42-13-19-51(20-14-42)74-30-29-66-27-25-63(3)26-28-66)37-46(44)34-54(53)60(73)69-38-45-12-8-7-11-43(45)32-49(69)39-67-22-9-6-10-23-67/h7-8,11-20,33-35,49,70H,6,9-10,21-32,37-39H2,1-5H3,(H,62,72)/t49-/m0/s1. The number of carbonyl (C=O) groups excluding carboxylic acids is 3. The first-order chi connectivity index (χ1) is 35.8. The van der Waals surface area contributed by atoms with Crippen LogP contribution in [0.1, 0.15) is 84.9 Å². The van der Waals surface area contributed by atoms with Crippen LogP contribution in [0.25, 0.3) is 22.4 Å². The zero-order valence-corrected chi connectivity index (χ0v) is 43.6. The number of nitriles is 1. The van der Waals surface area contributed by atoms with E-state index in [-0.39, 0.29) is 35.9 Å². The fourth-order valence-electron chi connectivity index (χ4n) is 11.6. The Kier molecular flexibility index (Phi) is 14.8. The molecule has 0 spiro atoms. The minimum Gasteiger partial charge on any atom is -0.508 e. The smallest absolute Gasteiger partial charge is 0.258 e. The van der Waals surface area contributed by atoms with E-state index in [0.717, 1.165) is 105 Å². The molecule has 1 atom stereocenters. The summed E-state index contributed by atoms with van der Waals surface area (Å²) in [5, 5.41) is 23.4. The number of hydrogen-bond acceptors (Lipinski definition) is 9. The molecule has 74 heavy (non-hydrogen) atoms. The van der Waals surface area contributed by atoms with Crippen LogP contribution in [-0.4, -0.2) is 135 Å². The minimum absolute atomic E-state index is 0.0167. The van der Waals surface area contributed by atoms with Crippen LogP contribution in [0.2, 0.25) is 0 Å². The SMILES string of the molecule is Cc1c(-c2c(C(=O)Nc3ccc(O)cc3)c(C)n(C)c2-c2cc3c(cc2C(=O)N2Cc4ccccc4C[C@H]2CN2CCCCC2)CN(C(=O)Cc2ccc(OCCN4CCN(C)CC4)cc2)CC3)cc(C#N)n1C. The van der Waals surface area contributed by atoms with Gasteiger partial charge in [-0.15, -0.1) is 0 Å². The fraction of sp³-hybridized carbons (Fsp3) is 0.400. The van der Waals surface area contributed by atoms with Crippen molar-refractivity contribution in [1.82, 2.24) is 33.6 Å². The Labute approximate surface area is 435 Å². The summed E-state index contributed by atoms with van der Waals surface area (Å²) < 4.78 is 9.95. The maximum atomic E-state index is 16.1. The Morgan fingerprint density at radius 3 is 2.19 bits per heavy atom. The molecule has 0 radical (unpaired) electrons. The van der Waals surface area contributed by atoms with Crippen LogP contribution >= 0.6 is 0 Å². The number of hydrogen-bond donors (Lipinski definition) is 2. The highest BCUT2D eigenvalue weighted by atomic mass is 16.5. The molecular weight excluding hydrogens is 927 g/mol. The first kappa shape index (κ1) is 50.4. The summed E-state index contributed by atoms with van der Waals surface area (Å²) in [7, 11) is 5.94. The van der Waals surface area contributed by atoms with E-state index < -0.39 is 0 Å². The Morgan fingerprint density at radius 1 is 0.743 bits per heavy atom. The number of amides is 3. The lowest BCUT2D eigenvalue weighted by molar-refractivity contribution is -0.131. The van der Waals surface area contributed by atoms with Gasteiger partial charge < -0.3 is 43.9 Å². The summed E-state index contributed by atoms with van der Waals surface area (Å²) >= 11 is 0. The van der Waals surface area contributed by atoms with Crippen molar-refractivity contribution in [3.63, 3.8) is 0 Å². The van der Waals surface area contributed by atoms with Gasteiger partial charge in [0.1, 0.15) is 29.9 Å². The van der Waals surface area contributed by atoms with Gasteiger partial charge in [0.25, 0.3) is 11.8 Å². The second-order valence-electron chi connectivity index (χ2n) is 20.9. The predicted molar refractivity (Wildman–Crippen MR) is 288 cm³/mol. The lowest BCUT2D eigenvalue weighted by Gasteiger charge is -2.41. The lowest BCUT2D eigenvalue weighted by atomic mass is 9.87. The number of nitrogens with one attached hydrogen (secondary N) is 1. The van der Waals surface area contributed by atoms with Crippen LogP contribution in [0, 0.1) is 25.2 Å². The van der Waals surface area contributed by atoms with Gasteiger partial charge in [0.15, 0.2) is 0 Å². The first-order valence-corrected chi connectivity index (χ1v) is 26.4. The molecule has 0 saturated carbocycles. The highest BCUT2D eigenvalue weighted by Crippen LogP contribution is 2.44. The number of likely N-dealkylation sites (N-methyl/N-ethyl adjacent to an activating group) is 1. The second kappa shape index (κ2) is 21.7. The van der Waals surface area contributed by atoms with Gasteiger partial charge in [0.05, 0.1) is 17.7 Å². The molecule has 4 aliphatic rings. The number of rotatable bonds is 13. The zero-order valence-electron chi connectivity index (χ0n) is 43.6. The summed E-state index contributed by atoms with van der Waals surface area (Å²) in [4.78, 5) is 56.4. The number of aromatic hydroxyl groups is 1. The third-order valence-electron chi connectivity index (χ3n) is 16.2. The van der Waals surface area contributed by atoms with E-state index in [2.05, 4.69) is 62.3 Å². The monoisotopic (exact) mass is 996 g/mol. The molecule has 0 bridgehead atoms. The molecule has 2 aromatic heterocycles. The Balaban J connectivity index is 1.02. The Bertz CT molecular complexity index is 3100. The maximum absolute atomic E-state index is 16.1. The van der Waals surface area contributed by atoms with Crippen LogP contribution in [0.3, 0.4) is 0 Å². The van der Waals surface area contributed by atoms with Crippen LogP contribution < -0.4 is 10.1 Å². The molecule has 14 heteroatoms. The average molecular weight is 996 g/mol. The third kappa shape index (κ3) is 10.5. The number of carbonyl (C=O) groups is 3. The van der Waals surface area contributed by atoms with Gasteiger partial charge in [-0.2, -0.15) is 5.26 Å². The van der Waals surface area contributed by atoms with Crippen molar-refractivity contribution in [3.8, 4) is 40.0 Å². The van der Waals surface area contributed by atoms with Crippen molar-refractivity contribution in [2.24, 2.45) is 14.1 Å².